The molecule has 0 aliphatic heterocycles. The Hall–Kier alpha value is -0.870. The second-order valence-corrected chi connectivity index (χ2v) is 3.52. The molecule has 1 unspecified atom stereocenters. The van der Waals surface area contributed by atoms with E-state index in [-0.39, 0.29) is 25.1 Å². The molecule has 0 aliphatic carbocycles. The number of aliphatic hydroxyl groups excluding tert-OH is 1. The lowest BCUT2D eigenvalue weighted by Gasteiger charge is -2.11. The lowest BCUT2D eigenvalue weighted by atomic mass is 10.1. The summed E-state index contributed by atoms with van der Waals surface area (Å²) in [5.41, 5.74) is 1.02. The number of hydrogen-bond acceptors (Lipinski definition) is 4. The zero-order chi connectivity index (χ0) is 9.68. The quantitative estimate of drug-likeness (QED) is 0.747. The highest BCUT2D eigenvalue weighted by Gasteiger charge is 2.11. The van der Waals surface area contributed by atoms with Gasteiger partial charge in [-0.2, -0.15) is 11.3 Å². The number of ether oxygens (including phenoxy) is 1. The fraction of sp³-hybridized carbons (Fsp3) is 0.444. The normalized spacial score (nSPS) is 12.5. The predicted octanol–water partition coefficient (Wildman–Crippen LogP) is 1.39. The third-order valence-electron chi connectivity index (χ3n) is 1.72. The average Bonchev–Trinajstić information content (AvgIpc) is 2.58. The first-order chi connectivity index (χ1) is 6.24. The number of rotatable bonds is 4. The zero-order valence-electron chi connectivity index (χ0n) is 7.40. The highest BCUT2D eigenvalue weighted by molar-refractivity contribution is 7.07. The summed E-state index contributed by atoms with van der Waals surface area (Å²) < 4.78 is 4.82. The minimum Gasteiger partial charge on any atom is -0.465 e. The van der Waals surface area contributed by atoms with Gasteiger partial charge >= 0.3 is 5.97 Å². The maximum Gasteiger partial charge on any atom is 0.302 e. The molecular formula is C9H12O3S. The van der Waals surface area contributed by atoms with Gasteiger partial charge in [-0.15, -0.1) is 0 Å². The van der Waals surface area contributed by atoms with Gasteiger partial charge in [-0.3, -0.25) is 4.79 Å². The zero-order valence-corrected chi connectivity index (χ0v) is 8.21. The molecule has 0 radical (unpaired) electrons. The maximum atomic E-state index is 10.5. The van der Waals surface area contributed by atoms with Gasteiger partial charge in [0.05, 0.1) is 6.61 Å². The summed E-state index contributed by atoms with van der Waals surface area (Å²) in [6.45, 7) is 1.62. The molecule has 1 rings (SSSR count). The third kappa shape index (κ3) is 3.16. The van der Waals surface area contributed by atoms with Gasteiger partial charge in [-0.1, -0.05) is 0 Å². The van der Waals surface area contributed by atoms with Gasteiger partial charge in [0.15, 0.2) is 0 Å². The van der Waals surface area contributed by atoms with Gasteiger partial charge in [0, 0.05) is 12.8 Å². The van der Waals surface area contributed by atoms with Crippen molar-refractivity contribution in [3.05, 3.63) is 22.4 Å². The number of carbonyl (C=O) groups is 1. The van der Waals surface area contributed by atoms with Gasteiger partial charge in [0.1, 0.15) is 6.61 Å². The molecule has 72 valence electrons. The van der Waals surface area contributed by atoms with E-state index in [0.717, 1.165) is 5.56 Å². The van der Waals surface area contributed by atoms with Crippen LogP contribution in [0, 0.1) is 0 Å². The molecule has 0 saturated heterocycles. The van der Waals surface area contributed by atoms with Crippen LogP contribution < -0.4 is 0 Å². The molecule has 0 saturated carbocycles. The van der Waals surface area contributed by atoms with E-state index in [4.69, 9.17) is 9.84 Å². The maximum absolute atomic E-state index is 10.5. The Balaban J connectivity index is 2.49. The van der Waals surface area contributed by atoms with Gasteiger partial charge in [-0.05, 0) is 22.4 Å². The Bertz CT molecular complexity index is 256. The minimum atomic E-state index is -0.311. The van der Waals surface area contributed by atoms with Crippen LogP contribution in [0.5, 0.6) is 0 Å². The van der Waals surface area contributed by atoms with E-state index in [1.165, 1.54) is 6.92 Å². The lowest BCUT2D eigenvalue weighted by Crippen LogP contribution is -2.13. The Morgan fingerprint density at radius 3 is 3.00 bits per heavy atom. The van der Waals surface area contributed by atoms with Crippen molar-refractivity contribution in [3.63, 3.8) is 0 Å². The molecular weight excluding hydrogens is 188 g/mol. The van der Waals surface area contributed by atoms with Crippen molar-refractivity contribution < 1.29 is 14.6 Å². The van der Waals surface area contributed by atoms with E-state index in [9.17, 15) is 4.79 Å². The SMILES string of the molecule is CC(=O)OCC(CO)c1ccsc1. The van der Waals surface area contributed by atoms with Crippen LogP contribution in [-0.2, 0) is 9.53 Å². The van der Waals surface area contributed by atoms with Gasteiger partial charge in [0.25, 0.3) is 0 Å². The number of carbonyl (C=O) groups excluding carboxylic acids is 1. The van der Waals surface area contributed by atoms with E-state index in [1.54, 1.807) is 11.3 Å². The summed E-state index contributed by atoms with van der Waals surface area (Å²) in [6, 6.07) is 1.93. The van der Waals surface area contributed by atoms with E-state index in [0.29, 0.717) is 0 Å². The van der Waals surface area contributed by atoms with Crippen LogP contribution in [0.1, 0.15) is 18.4 Å². The molecule has 1 heterocycles. The fourth-order valence-corrected chi connectivity index (χ4v) is 1.72. The van der Waals surface area contributed by atoms with Crippen molar-refractivity contribution in [1.29, 1.82) is 0 Å². The van der Waals surface area contributed by atoms with Crippen LogP contribution in [0.15, 0.2) is 16.8 Å². The Morgan fingerprint density at radius 2 is 2.54 bits per heavy atom. The topological polar surface area (TPSA) is 46.5 Å². The molecule has 4 heteroatoms. The molecule has 0 fully saturated rings. The third-order valence-corrected chi connectivity index (χ3v) is 2.42. The van der Waals surface area contributed by atoms with Crippen molar-refractivity contribution >= 4 is 17.3 Å². The van der Waals surface area contributed by atoms with Crippen molar-refractivity contribution in [1.82, 2.24) is 0 Å². The van der Waals surface area contributed by atoms with Crippen LogP contribution in [0.25, 0.3) is 0 Å². The monoisotopic (exact) mass is 200 g/mol. The van der Waals surface area contributed by atoms with Crippen LogP contribution in [0.2, 0.25) is 0 Å². The van der Waals surface area contributed by atoms with Gasteiger partial charge < -0.3 is 9.84 Å². The summed E-state index contributed by atoms with van der Waals surface area (Å²) >= 11 is 1.57. The van der Waals surface area contributed by atoms with Crippen LogP contribution >= 0.6 is 11.3 Å². The molecule has 0 aromatic carbocycles. The number of thiophene rings is 1. The van der Waals surface area contributed by atoms with Crippen molar-refractivity contribution in [2.75, 3.05) is 13.2 Å². The Labute approximate surface area is 81.0 Å². The summed E-state index contributed by atoms with van der Waals surface area (Å²) in [4.78, 5) is 10.5. The van der Waals surface area contributed by atoms with E-state index < -0.39 is 0 Å². The standard InChI is InChI=1S/C9H12O3S/c1-7(11)12-5-9(4-10)8-2-3-13-6-8/h2-3,6,9-10H,4-5H2,1H3. The highest BCUT2D eigenvalue weighted by Crippen LogP contribution is 2.18. The molecule has 0 bridgehead atoms. The van der Waals surface area contributed by atoms with E-state index >= 15 is 0 Å². The first-order valence-corrected chi connectivity index (χ1v) is 4.94. The van der Waals surface area contributed by atoms with E-state index in [2.05, 4.69) is 0 Å². The summed E-state index contributed by atoms with van der Waals surface area (Å²) in [5.74, 6) is -0.399. The highest BCUT2D eigenvalue weighted by atomic mass is 32.1. The van der Waals surface area contributed by atoms with Crippen LogP contribution in [0.4, 0.5) is 0 Å². The van der Waals surface area contributed by atoms with Gasteiger partial charge in [0.2, 0.25) is 0 Å². The number of esters is 1. The number of hydrogen-bond donors (Lipinski definition) is 1. The summed E-state index contributed by atoms with van der Waals surface area (Å²) in [7, 11) is 0. The summed E-state index contributed by atoms with van der Waals surface area (Å²) in [5, 5.41) is 12.9. The van der Waals surface area contributed by atoms with Crippen molar-refractivity contribution in [2.45, 2.75) is 12.8 Å². The first kappa shape index (κ1) is 10.2. The molecule has 13 heavy (non-hydrogen) atoms. The molecule has 1 atom stereocenters. The summed E-state index contributed by atoms with van der Waals surface area (Å²) in [6.07, 6.45) is 0. The number of aliphatic hydroxyl groups is 1. The van der Waals surface area contributed by atoms with Crippen LogP contribution in [-0.4, -0.2) is 24.3 Å². The average molecular weight is 200 g/mol. The predicted molar refractivity (Wildman–Crippen MR) is 50.8 cm³/mol. The Morgan fingerprint density at radius 1 is 1.77 bits per heavy atom. The second-order valence-electron chi connectivity index (χ2n) is 2.74. The van der Waals surface area contributed by atoms with Gasteiger partial charge in [-0.25, -0.2) is 0 Å². The second kappa shape index (κ2) is 4.99. The smallest absolute Gasteiger partial charge is 0.302 e. The lowest BCUT2D eigenvalue weighted by molar-refractivity contribution is -0.141. The van der Waals surface area contributed by atoms with Crippen molar-refractivity contribution in [3.8, 4) is 0 Å². The molecule has 0 amide bonds. The molecule has 1 aromatic rings. The molecule has 3 nitrogen and oxygen atoms in total. The minimum absolute atomic E-state index is 0.00398. The molecule has 1 N–H and O–H groups in total. The van der Waals surface area contributed by atoms with Crippen molar-refractivity contribution in [2.24, 2.45) is 0 Å². The Kier molecular flexibility index (Phi) is 3.92. The fourth-order valence-electron chi connectivity index (χ4n) is 0.980. The first-order valence-electron chi connectivity index (χ1n) is 4.00. The molecule has 0 spiro atoms. The molecule has 0 aliphatic rings. The van der Waals surface area contributed by atoms with Crippen LogP contribution in [0.3, 0.4) is 0 Å². The van der Waals surface area contributed by atoms with E-state index in [1.807, 2.05) is 16.8 Å². The largest absolute Gasteiger partial charge is 0.465 e. The molecule has 1 aromatic heterocycles.